The third kappa shape index (κ3) is 2.99. The summed E-state index contributed by atoms with van der Waals surface area (Å²) in [6.45, 7) is 3.56. The molecule has 0 aliphatic carbocycles. The van der Waals surface area contributed by atoms with Crippen LogP contribution in [-0.4, -0.2) is 9.55 Å². The van der Waals surface area contributed by atoms with Crippen molar-refractivity contribution >= 4 is 16.6 Å². The molecule has 2 N–H and O–H groups in total. The van der Waals surface area contributed by atoms with E-state index in [9.17, 15) is 4.79 Å². The number of anilines is 1. The van der Waals surface area contributed by atoms with E-state index in [1.807, 2.05) is 18.5 Å². The molecule has 4 heteroatoms. The van der Waals surface area contributed by atoms with E-state index in [4.69, 9.17) is 0 Å². The number of aromatic nitrogens is 2. The first-order chi connectivity index (χ1) is 10.3. The zero-order valence-corrected chi connectivity index (χ0v) is 12.1. The first kappa shape index (κ1) is 13.5. The van der Waals surface area contributed by atoms with Crippen LogP contribution in [0.5, 0.6) is 0 Å². The van der Waals surface area contributed by atoms with Crippen LogP contribution in [0.15, 0.2) is 53.6 Å². The average molecular weight is 281 g/mol. The molecule has 21 heavy (non-hydrogen) atoms. The Hall–Kier alpha value is -2.49. The molecule has 0 saturated carbocycles. The van der Waals surface area contributed by atoms with Gasteiger partial charge in [-0.15, -0.1) is 0 Å². The molecule has 0 atom stereocenters. The number of hydrogen-bond donors (Lipinski definition) is 2. The number of benzene rings is 1. The number of rotatable bonds is 5. The molecule has 1 aromatic carbocycles. The summed E-state index contributed by atoms with van der Waals surface area (Å²) in [6.07, 6.45) is 4.79. The maximum absolute atomic E-state index is 11.7. The lowest BCUT2D eigenvalue weighted by atomic mass is 10.1. The summed E-state index contributed by atoms with van der Waals surface area (Å²) in [4.78, 5) is 14.9. The molecule has 4 nitrogen and oxygen atoms in total. The van der Waals surface area contributed by atoms with Gasteiger partial charge in [-0.1, -0.05) is 13.0 Å². The molecule has 0 saturated heterocycles. The predicted molar refractivity (Wildman–Crippen MR) is 86.6 cm³/mol. The van der Waals surface area contributed by atoms with Crippen molar-refractivity contribution in [3.8, 4) is 0 Å². The van der Waals surface area contributed by atoms with E-state index in [-0.39, 0.29) is 5.56 Å². The van der Waals surface area contributed by atoms with Gasteiger partial charge in [0.05, 0.1) is 5.69 Å². The van der Waals surface area contributed by atoms with Gasteiger partial charge in [0.15, 0.2) is 0 Å². The van der Waals surface area contributed by atoms with Gasteiger partial charge < -0.3 is 14.9 Å². The molecule has 3 aromatic rings. The summed E-state index contributed by atoms with van der Waals surface area (Å²) >= 11 is 0. The first-order valence-corrected chi connectivity index (χ1v) is 7.26. The van der Waals surface area contributed by atoms with E-state index >= 15 is 0 Å². The van der Waals surface area contributed by atoms with Gasteiger partial charge in [0, 0.05) is 37.1 Å². The fraction of sp³-hybridized carbons (Fsp3) is 0.235. The highest BCUT2D eigenvalue weighted by Gasteiger charge is 2.00. The van der Waals surface area contributed by atoms with Crippen molar-refractivity contribution < 1.29 is 0 Å². The van der Waals surface area contributed by atoms with E-state index in [0.29, 0.717) is 0 Å². The third-order valence-corrected chi connectivity index (χ3v) is 3.56. The topological polar surface area (TPSA) is 49.8 Å². The van der Waals surface area contributed by atoms with Crippen molar-refractivity contribution in [3.63, 3.8) is 0 Å². The zero-order valence-electron chi connectivity index (χ0n) is 12.1. The minimum atomic E-state index is 0.0520. The number of aryl methyl sites for hydroxylation is 1. The lowest BCUT2D eigenvalue weighted by Gasteiger charge is -2.10. The smallest absolute Gasteiger partial charge is 0.250 e. The standard InChI is InChI=1S/C17H19N3O/c1-2-9-20-12-15(4-6-17(20)21)19-11-13-3-5-16-14(10-13)7-8-18-16/h3-8,10,12,18-19H,2,9,11H2,1H3. The molecule has 0 fully saturated rings. The van der Waals surface area contributed by atoms with Crippen LogP contribution in [0.25, 0.3) is 10.9 Å². The second-order valence-electron chi connectivity index (χ2n) is 5.20. The number of nitrogens with one attached hydrogen (secondary N) is 2. The number of hydrogen-bond acceptors (Lipinski definition) is 2. The highest BCUT2D eigenvalue weighted by Crippen LogP contribution is 2.15. The highest BCUT2D eigenvalue weighted by atomic mass is 16.1. The van der Waals surface area contributed by atoms with E-state index in [0.717, 1.165) is 30.7 Å². The molecule has 0 amide bonds. The molecule has 0 aliphatic rings. The van der Waals surface area contributed by atoms with Crippen molar-refractivity contribution in [1.82, 2.24) is 9.55 Å². The van der Waals surface area contributed by atoms with Gasteiger partial charge in [0.1, 0.15) is 0 Å². The van der Waals surface area contributed by atoms with Crippen LogP contribution in [0, 0.1) is 0 Å². The molecule has 2 heterocycles. The Labute approximate surface area is 123 Å². The molecule has 0 spiro atoms. The SMILES string of the molecule is CCCn1cc(NCc2ccc3[nH]ccc3c2)ccc1=O. The normalized spacial score (nSPS) is 10.9. The number of nitrogens with zero attached hydrogens (tertiary/aromatic N) is 1. The van der Waals surface area contributed by atoms with E-state index in [2.05, 4.69) is 41.5 Å². The lowest BCUT2D eigenvalue weighted by molar-refractivity contribution is 0.655. The fourth-order valence-electron chi connectivity index (χ4n) is 2.47. The summed E-state index contributed by atoms with van der Waals surface area (Å²) in [5, 5.41) is 4.59. The monoisotopic (exact) mass is 281 g/mol. The molecule has 0 unspecified atom stereocenters. The van der Waals surface area contributed by atoms with Crippen molar-refractivity contribution in [3.05, 3.63) is 64.7 Å². The molecule has 0 radical (unpaired) electrons. The second kappa shape index (κ2) is 5.87. The average Bonchev–Trinajstić information content (AvgIpc) is 2.96. The van der Waals surface area contributed by atoms with Gasteiger partial charge in [-0.25, -0.2) is 0 Å². The maximum atomic E-state index is 11.7. The van der Waals surface area contributed by atoms with Crippen molar-refractivity contribution in [2.45, 2.75) is 26.4 Å². The van der Waals surface area contributed by atoms with Crippen LogP contribution < -0.4 is 10.9 Å². The Morgan fingerprint density at radius 2 is 2.10 bits per heavy atom. The lowest BCUT2D eigenvalue weighted by Crippen LogP contribution is -2.18. The first-order valence-electron chi connectivity index (χ1n) is 7.26. The minimum Gasteiger partial charge on any atom is -0.380 e. The van der Waals surface area contributed by atoms with E-state index < -0.39 is 0 Å². The summed E-state index contributed by atoms with van der Waals surface area (Å²) in [5.74, 6) is 0. The molecular formula is C17H19N3O. The number of pyridine rings is 1. The molecular weight excluding hydrogens is 262 g/mol. The van der Waals surface area contributed by atoms with E-state index in [1.165, 1.54) is 10.9 Å². The minimum absolute atomic E-state index is 0.0520. The van der Waals surface area contributed by atoms with Gasteiger partial charge in [-0.2, -0.15) is 0 Å². The largest absolute Gasteiger partial charge is 0.380 e. The molecule has 3 rings (SSSR count). The third-order valence-electron chi connectivity index (χ3n) is 3.56. The number of fused-ring (bicyclic) bond motifs is 1. The molecule has 0 bridgehead atoms. The Kier molecular flexibility index (Phi) is 3.77. The van der Waals surface area contributed by atoms with Crippen LogP contribution >= 0.6 is 0 Å². The van der Waals surface area contributed by atoms with Crippen LogP contribution in [-0.2, 0) is 13.1 Å². The Morgan fingerprint density at radius 1 is 1.19 bits per heavy atom. The van der Waals surface area contributed by atoms with Gasteiger partial charge >= 0.3 is 0 Å². The maximum Gasteiger partial charge on any atom is 0.250 e. The molecule has 2 aromatic heterocycles. The molecule has 108 valence electrons. The predicted octanol–water partition coefficient (Wildman–Crippen LogP) is 3.35. The van der Waals surface area contributed by atoms with Crippen LogP contribution in [0.4, 0.5) is 5.69 Å². The van der Waals surface area contributed by atoms with Crippen molar-refractivity contribution in [2.75, 3.05) is 5.32 Å². The Balaban J connectivity index is 1.74. The van der Waals surface area contributed by atoms with Crippen LogP contribution in [0.2, 0.25) is 0 Å². The van der Waals surface area contributed by atoms with Gasteiger partial charge in [-0.05, 0) is 41.6 Å². The fourth-order valence-corrected chi connectivity index (χ4v) is 2.47. The quantitative estimate of drug-likeness (QED) is 0.753. The van der Waals surface area contributed by atoms with Crippen molar-refractivity contribution in [1.29, 1.82) is 0 Å². The van der Waals surface area contributed by atoms with Gasteiger partial charge in [0.2, 0.25) is 0 Å². The summed E-state index contributed by atoms with van der Waals surface area (Å²) in [7, 11) is 0. The van der Waals surface area contributed by atoms with E-state index in [1.54, 1.807) is 10.6 Å². The zero-order chi connectivity index (χ0) is 14.7. The number of H-pyrrole nitrogens is 1. The Morgan fingerprint density at radius 3 is 2.95 bits per heavy atom. The summed E-state index contributed by atoms with van der Waals surface area (Å²) in [6, 6.07) is 11.9. The number of aromatic amines is 1. The van der Waals surface area contributed by atoms with Gasteiger partial charge in [-0.3, -0.25) is 4.79 Å². The summed E-state index contributed by atoms with van der Waals surface area (Å²) in [5.41, 5.74) is 3.39. The van der Waals surface area contributed by atoms with Crippen LogP contribution in [0.3, 0.4) is 0 Å². The Bertz CT molecular complexity index is 801. The summed E-state index contributed by atoms with van der Waals surface area (Å²) < 4.78 is 1.75. The van der Waals surface area contributed by atoms with Crippen molar-refractivity contribution in [2.24, 2.45) is 0 Å². The van der Waals surface area contributed by atoms with Gasteiger partial charge in [0.25, 0.3) is 5.56 Å². The molecule has 0 aliphatic heterocycles. The second-order valence-corrected chi connectivity index (χ2v) is 5.20. The van der Waals surface area contributed by atoms with Crippen LogP contribution in [0.1, 0.15) is 18.9 Å². The highest BCUT2D eigenvalue weighted by molar-refractivity contribution is 5.79.